The summed E-state index contributed by atoms with van der Waals surface area (Å²) in [6.07, 6.45) is 2.65. The van der Waals surface area contributed by atoms with Gasteiger partial charge in [-0.05, 0) is 19.3 Å². The smallest absolute Gasteiger partial charge is 0.197 e. The molecular weight excluding hydrogens is 242 g/mol. The normalized spacial score (nSPS) is 18.7. The minimum atomic E-state index is -0.785. The monoisotopic (exact) mass is 250 g/mol. The van der Waals surface area contributed by atoms with Crippen LogP contribution in [0.5, 0.6) is 0 Å². The number of nitrogens with zero attached hydrogens (tertiary/aromatic N) is 2. The van der Waals surface area contributed by atoms with Crippen molar-refractivity contribution >= 4 is 23.2 Å². The molecule has 0 saturated heterocycles. The summed E-state index contributed by atoms with van der Waals surface area (Å²) in [6, 6.07) is 0. The van der Waals surface area contributed by atoms with E-state index in [-0.39, 0.29) is 10.3 Å². The van der Waals surface area contributed by atoms with Crippen LogP contribution in [0.4, 0.5) is 4.39 Å². The summed E-state index contributed by atoms with van der Waals surface area (Å²) >= 11 is 11.2. The minimum absolute atomic E-state index is 0.256. The van der Waals surface area contributed by atoms with Crippen molar-refractivity contribution in [2.75, 3.05) is 7.11 Å². The molecule has 0 radical (unpaired) electrons. The first-order valence-corrected chi connectivity index (χ1v) is 5.29. The van der Waals surface area contributed by atoms with Crippen molar-refractivity contribution in [1.29, 1.82) is 0 Å². The van der Waals surface area contributed by atoms with Crippen LogP contribution in [0.1, 0.15) is 25.1 Å². The summed E-state index contributed by atoms with van der Waals surface area (Å²) < 4.78 is 18.4. The average Bonchev–Trinajstić information content (AvgIpc) is 2.13. The number of hydrogen-bond acceptors (Lipinski definition) is 3. The van der Waals surface area contributed by atoms with Crippen molar-refractivity contribution in [3.63, 3.8) is 0 Å². The molecule has 15 heavy (non-hydrogen) atoms. The van der Waals surface area contributed by atoms with Crippen molar-refractivity contribution in [1.82, 2.24) is 9.97 Å². The predicted molar refractivity (Wildman–Crippen MR) is 54.5 cm³/mol. The average molecular weight is 251 g/mol. The van der Waals surface area contributed by atoms with Gasteiger partial charge in [0.15, 0.2) is 21.9 Å². The Morgan fingerprint density at radius 2 is 1.80 bits per heavy atom. The van der Waals surface area contributed by atoms with Crippen molar-refractivity contribution in [2.45, 2.75) is 24.9 Å². The van der Waals surface area contributed by atoms with E-state index >= 15 is 0 Å². The van der Waals surface area contributed by atoms with Gasteiger partial charge in [-0.1, -0.05) is 23.2 Å². The van der Waals surface area contributed by atoms with E-state index in [0.717, 1.165) is 19.3 Å². The molecular formula is C9H9Cl2FN2O. The van der Waals surface area contributed by atoms with E-state index < -0.39 is 11.4 Å². The summed E-state index contributed by atoms with van der Waals surface area (Å²) in [5.41, 5.74) is -0.527. The molecule has 1 fully saturated rings. The molecule has 0 amide bonds. The van der Waals surface area contributed by atoms with E-state index in [9.17, 15) is 4.39 Å². The van der Waals surface area contributed by atoms with Crippen LogP contribution in [0.3, 0.4) is 0 Å². The van der Waals surface area contributed by atoms with Gasteiger partial charge in [-0.2, -0.15) is 0 Å². The van der Waals surface area contributed by atoms with Gasteiger partial charge in [0.1, 0.15) is 5.60 Å². The van der Waals surface area contributed by atoms with Gasteiger partial charge in [0.2, 0.25) is 0 Å². The highest BCUT2D eigenvalue weighted by atomic mass is 35.5. The Labute approximate surface area is 96.6 Å². The molecule has 1 heterocycles. The fourth-order valence-corrected chi connectivity index (χ4v) is 2.00. The second kappa shape index (κ2) is 3.85. The van der Waals surface area contributed by atoms with Crippen LogP contribution in [0.25, 0.3) is 0 Å². The molecule has 1 aliphatic carbocycles. The van der Waals surface area contributed by atoms with Gasteiger partial charge in [-0.25, -0.2) is 14.4 Å². The van der Waals surface area contributed by atoms with Crippen LogP contribution in [-0.2, 0) is 10.3 Å². The van der Waals surface area contributed by atoms with Gasteiger partial charge in [0, 0.05) is 7.11 Å². The van der Waals surface area contributed by atoms with Crippen LogP contribution in [0.15, 0.2) is 0 Å². The van der Waals surface area contributed by atoms with Crippen molar-refractivity contribution < 1.29 is 9.13 Å². The number of halogens is 3. The Balaban J connectivity index is 2.45. The van der Waals surface area contributed by atoms with Crippen molar-refractivity contribution in [3.05, 3.63) is 21.9 Å². The minimum Gasteiger partial charge on any atom is -0.370 e. The fraction of sp³-hybridized carbons (Fsp3) is 0.556. The van der Waals surface area contributed by atoms with E-state index in [1.165, 1.54) is 0 Å². The first-order valence-electron chi connectivity index (χ1n) is 4.53. The SMILES string of the molecule is COC1(c2nc(Cl)c(F)c(Cl)n2)CCC1. The number of rotatable bonds is 2. The zero-order valence-corrected chi connectivity index (χ0v) is 9.57. The maximum absolute atomic E-state index is 13.1. The van der Waals surface area contributed by atoms with Crippen molar-refractivity contribution in [2.24, 2.45) is 0 Å². The fourth-order valence-electron chi connectivity index (χ4n) is 1.61. The maximum atomic E-state index is 13.1. The molecule has 1 aliphatic rings. The molecule has 2 rings (SSSR count). The van der Waals surface area contributed by atoms with Crippen LogP contribution >= 0.6 is 23.2 Å². The Bertz CT molecular complexity index is 367. The molecule has 1 aromatic heterocycles. The van der Waals surface area contributed by atoms with Gasteiger partial charge >= 0.3 is 0 Å². The summed E-state index contributed by atoms with van der Waals surface area (Å²) in [7, 11) is 1.58. The molecule has 82 valence electrons. The van der Waals surface area contributed by atoms with Crippen LogP contribution < -0.4 is 0 Å². The van der Waals surface area contributed by atoms with E-state index in [0.29, 0.717) is 5.82 Å². The standard InChI is InChI=1S/C9H9Cl2FN2O/c1-15-9(3-2-4-9)8-13-6(10)5(12)7(11)14-8/h2-4H2,1H3. The maximum Gasteiger partial charge on any atom is 0.197 e. The Morgan fingerprint density at radius 3 is 2.13 bits per heavy atom. The first-order chi connectivity index (χ1) is 7.09. The Hall–Kier alpha value is -0.450. The number of methoxy groups -OCH3 is 1. The third-order valence-corrected chi connectivity index (χ3v) is 3.23. The molecule has 6 heteroatoms. The van der Waals surface area contributed by atoms with Gasteiger partial charge in [-0.3, -0.25) is 0 Å². The lowest BCUT2D eigenvalue weighted by Crippen LogP contribution is -2.38. The molecule has 1 aromatic rings. The number of ether oxygens (including phenoxy) is 1. The van der Waals surface area contributed by atoms with E-state index in [1.807, 2.05) is 0 Å². The summed E-state index contributed by atoms with van der Waals surface area (Å²) in [5, 5.41) is -0.512. The van der Waals surface area contributed by atoms with Gasteiger partial charge in [0.05, 0.1) is 0 Å². The summed E-state index contributed by atoms with van der Waals surface area (Å²) in [6.45, 7) is 0. The van der Waals surface area contributed by atoms with Crippen LogP contribution in [-0.4, -0.2) is 17.1 Å². The molecule has 0 bridgehead atoms. The molecule has 0 aromatic carbocycles. The lowest BCUT2D eigenvalue weighted by atomic mass is 9.79. The molecule has 0 spiro atoms. The van der Waals surface area contributed by atoms with Crippen LogP contribution in [0, 0.1) is 5.82 Å². The molecule has 1 saturated carbocycles. The zero-order valence-electron chi connectivity index (χ0n) is 8.06. The number of hydrogen-bond donors (Lipinski definition) is 0. The Kier molecular flexibility index (Phi) is 2.83. The van der Waals surface area contributed by atoms with E-state index in [1.54, 1.807) is 7.11 Å². The molecule has 0 N–H and O–H groups in total. The highest BCUT2D eigenvalue weighted by molar-refractivity contribution is 6.33. The Morgan fingerprint density at radius 1 is 1.27 bits per heavy atom. The third kappa shape index (κ3) is 1.71. The second-order valence-corrected chi connectivity index (χ2v) is 4.21. The van der Waals surface area contributed by atoms with Gasteiger partial charge < -0.3 is 4.74 Å². The zero-order chi connectivity index (χ0) is 11.1. The highest BCUT2D eigenvalue weighted by Crippen LogP contribution is 2.43. The lowest BCUT2D eigenvalue weighted by Gasteiger charge is -2.38. The highest BCUT2D eigenvalue weighted by Gasteiger charge is 2.42. The summed E-state index contributed by atoms with van der Waals surface area (Å²) in [5.74, 6) is -0.416. The van der Waals surface area contributed by atoms with Gasteiger partial charge in [-0.15, -0.1) is 0 Å². The quantitative estimate of drug-likeness (QED) is 0.758. The first kappa shape index (κ1) is 11.0. The summed E-state index contributed by atoms with van der Waals surface area (Å²) in [4.78, 5) is 7.74. The van der Waals surface area contributed by atoms with Crippen molar-refractivity contribution in [3.8, 4) is 0 Å². The molecule has 0 aliphatic heterocycles. The third-order valence-electron chi connectivity index (χ3n) is 2.73. The molecule has 0 unspecified atom stereocenters. The van der Waals surface area contributed by atoms with E-state index in [2.05, 4.69) is 9.97 Å². The lowest BCUT2D eigenvalue weighted by molar-refractivity contribution is -0.0847. The predicted octanol–water partition coefficient (Wildman–Crippen LogP) is 2.95. The molecule has 0 atom stereocenters. The second-order valence-electron chi connectivity index (χ2n) is 3.49. The largest absolute Gasteiger partial charge is 0.370 e. The van der Waals surface area contributed by atoms with Gasteiger partial charge in [0.25, 0.3) is 0 Å². The number of aromatic nitrogens is 2. The molecule has 3 nitrogen and oxygen atoms in total. The van der Waals surface area contributed by atoms with Crippen LogP contribution in [0.2, 0.25) is 10.3 Å². The van der Waals surface area contributed by atoms with E-state index in [4.69, 9.17) is 27.9 Å². The topological polar surface area (TPSA) is 35.0 Å².